The molecule has 0 saturated heterocycles. The van der Waals surface area contributed by atoms with Crippen molar-refractivity contribution in [3.8, 4) is 0 Å². The number of hydrogen-bond donors (Lipinski definition) is 1. The molecule has 0 unspecified atom stereocenters. The van der Waals surface area contributed by atoms with Gasteiger partial charge in [0.25, 0.3) is 0 Å². The molecule has 90 valence electrons. The van der Waals surface area contributed by atoms with E-state index >= 15 is 0 Å². The summed E-state index contributed by atoms with van der Waals surface area (Å²) in [5.74, 6) is 0.575. The molecule has 0 radical (unpaired) electrons. The van der Waals surface area contributed by atoms with Crippen molar-refractivity contribution in [2.45, 2.75) is 25.9 Å². The van der Waals surface area contributed by atoms with Gasteiger partial charge in [-0.15, -0.1) is 22.9 Å². The van der Waals surface area contributed by atoms with Gasteiger partial charge in [0.15, 0.2) is 0 Å². The zero-order chi connectivity index (χ0) is 12.1. The highest BCUT2D eigenvalue weighted by molar-refractivity contribution is 7.09. The van der Waals surface area contributed by atoms with Gasteiger partial charge in [-0.05, 0) is 18.1 Å². The maximum atomic E-state index is 5.74. The molecule has 0 spiro atoms. The van der Waals surface area contributed by atoms with Crippen LogP contribution in [0.3, 0.4) is 0 Å². The summed E-state index contributed by atoms with van der Waals surface area (Å²) in [6.45, 7) is 3.71. The summed E-state index contributed by atoms with van der Waals surface area (Å²) < 4.78 is 0. The van der Waals surface area contributed by atoms with E-state index in [4.69, 9.17) is 11.6 Å². The predicted molar refractivity (Wildman–Crippen MR) is 73.4 cm³/mol. The summed E-state index contributed by atoms with van der Waals surface area (Å²) in [5.41, 5.74) is 3.52. The molecule has 0 saturated carbocycles. The van der Waals surface area contributed by atoms with Gasteiger partial charge in [0.2, 0.25) is 0 Å². The predicted octanol–water partition coefficient (Wildman–Crippen LogP) is 3.48. The van der Waals surface area contributed by atoms with Crippen molar-refractivity contribution < 1.29 is 0 Å². The normalized spacial score (nSPS) is 10.7. The monoisotopic (exact) mass is 266 g/mol. The molecule has 2 nitrogen and oxygen atoms in total. The van der Waals surface area contributed by atoms with Crippen LogP contribution in [-0.4, -0.2) is 4.98 Å². The van der Waals surface area contributed by atoms with Gasteiger partial charge >= 0.3 is 0 Å². The molecule has 1 N–H and O–H groups in total. The second-order valence-electron chi connectivity index (χ2n) is 3.94. The Balaban J connectivity index is 1.81. The minimum absolute atomic E-state index is 0.575. The first-order valence-corrected chi connectivity index (χ1v) is 6.95. The summed E-state index contributed by atoms with van der Waals surface area (Å²) in [6.07, 6.45) is 0. The van der Waals surface area contributed by atoms with E-state index in [9.17, 15) is 0 Å². The quantitative estimate of drug-likeness (QED) is 0.838. The Morgan fingerprint density at radius 3 is 2.47 bits per heavy atom. The van der Waals surface area contributed by atoms with Crippen LogP contribution in [0.1, 0.15) is 21.8 Å². The van der Waals surface area contributed by atoms with Gasteiger partial charge in [-0.1, -0.05) is 24.3 Å². The largest absolute Gasteiger partial charge is 0.306 e. The first kappa shape index (κ1) is 12.6. The van der Waals surface area contributed by atoms with Crippen molar-refractivity contribution in [3.63, 3.8) is 0 Å². The lowest BCUT2D eigenvalue weighted by molar-refractivity contribution is 0.689. The Labute approximate surface area is 111 Å². The molecule has 2 aromatic rings. The van der Waals surface area contributed by atoms with Crippen LogP contribution in [0, 0.1) is 6.92 Å². The van der Waals surface area contributed by atoms with Crippen molar-refractivity contribution >= 4 is 22.9 Å². The topological polar surface area (TPSA) is 24.9 Å². The van der Waals surface area contributed by atoms with Gasteiger partial charge < -0.3 is 5.32 Å². The molecule has 1 aromatic carbocycles. The first-order valence-electron chi connectivity index (χ1n) is 5.53. The van der Waals surface area contributed by atoms with Crippen LogP contribution >= 0.6 is 22.9 Å². The first-order chi connectivity index (χ1) is 8.28. The fourth-order valence-electron chi connectivity index (χ4n) is 1.54. The molecule has 0 atom stereocenters. The second-order valence-corrected chi connectivity index (χ2v) is 5.15. The van der Waals surface area contributed by atoms with E-state index < -0.39 is 0 Å². The van der Waals surface area contributed by atoms with Crippen molar-refractivity contribution in [1.29, 1.82) is 0 Å². The summed E-state index contributed by atoms with van der Waals surface area (Å²) >= 11 is 7.44. The summed E-state index contributed by atoms with van der Waals surface area (Å²) in [7, 11) is 0. The van der Waals surface area contributed by atoms with Crippen LogP contribution < -0.4 is 5.32 Å². The summed E-state index contributed by atoms with van der Waals surface area (Å²) in [6, 6.07) is 8.35. The number of benzene rings is 1. The lowest BCUT2D eigenvalue weighted by atomic mass is 10.1. The van der Waals surface area contributed by atoms with Gasteiger partial charge in [0.05, 0.1) is 0 Å². The van der Waals surface area contributed by atoms with Crippen molar-refractivity contribution in [1.82, 2.24) is 10.3 Å². The van der Waals surface area contributed by atoms with Crippen molar-refractivity contribution in [3.05, 3.63) is 51.5 Å². The maximum absolute atomic E-state index is 5.74. The molecule has 0 aliphatic rings. The molecular weight excluding hydrogens is 252 g/mol. The Morgan fingerprint density at radius 2 is 1.88 bits per heavy atom. The molecule has 0 bridgehead atoms. The average Bonchev–Trinajstić information content (AvgIpc) is 2.76. The maximum Gasteiger partial charge on any atom is 0.107 e. The SMILES string of the molecule is Cc1csc(CNCc2ccc(CCl)cc2)n1. The number of halogens is 1. The van der Waals surface area contributed by atoms with Gasteiger partial charge in [-0.2, -0.15) is 0 Å². The van der Waals surface area contributed by atoms with E-state index in [1.807, 2.05) is 6.92 Å². The molecule has 2 rings (SSSR count). The number of nitrogens with zero attached hydrogens (tertiary/aromatic N) is 1. The smallest absolute Gasteiger partial charge is 0.107 e. The van der Waals surface area contributed by atoms with Crippen molar-refractivity contribution in [2.24, 2.45) is 0 Å². The summed E-state index contributed by atoms with van der Waals surface area (Å²) in [5, 5.41) is 6.60. The van der Waals surface area contributed by atoms with Gasteiger partial charge in [0, 0.05) is 30.0 Å². The number of thiazole rings is 1. The standard InChI is InChI=1S/C13H15ClN2S/c1-10-9-17-13(16-10)8-15-7-12-4-2-11(6-14)3-5-12/h2-5,9,15H,6-8H2,1H3. The fourth-order valence-corrected chi connectivity index (χ4v) is 2.46. The van der Waals surface area contributed by atoms with E-state index in [-0.39, 0.29) is 0 Å². The lowest BCUT2D eigenvalue weighted by Gasteiger charge is -2.03. The number of nitrogens with one attached hydrogen (secondary N) is 1. The van der Waals surface area contributed by atoms with E-state index in [1.165, 1.54) is 5.56 Å². The second kappa shape index (κ2) is 6.15. The van der Waals surface area contributed by atoms with Crippen LogP contribution in [0.2, 0.25) is 0 Å². The minimum atomic E-state index is 0.575. The highest BCUT2D eigenvalue weighted by atomic mass is 35.5. The third-order valence-electron chi connectivity index (χ3n) is 2.45. The zero-order valence-electron chi connectivity index (χ0n) is 9.74. The van der Waals surface area contributed by atoms with Crippen molar-refractivity contribution in [2.75, 3.05) is 0 Å². The Hall–Kier alpha value is -0.900. The molecular formula is C13H15ClN2S. The molecule has 4 heteroatoms. The third kappa shape index (κ3) is 3.80. The van der Waals surface area contributed by atoms with E-state index in [0.717, 1.165) is 29.4 Å². The van der Waals surface area contributed by atoms with Gasteiger partial charge in [0.1, 0.15) is 5.01 Å². The summed E-state index contributed by atoms with van der Waals surface area (Å²) in [4.78, 5) is 4.41. The fraction of sp³-hybridized carbons (Fsp3) is 0.308. The van der Waals surface area contributed by atoms with Crippen LogP contribution in [-0.2, 0) is 19.0 Å². The lowest BCUT2D eigenvalue weighted by Crippen LogP contribution is -2.12. The number of rotatable bonds is 5. The van der Waals surface area contributed by atoms with Gasteiger partial charge in [-0.3, -0.25) is 0 Å². The molecule has 1 aromatic heterocycles. The Kier molecular flexibility index (Phi) is 4.54. The Morgan fingerprint density at radius 1 is 1.18 bits per heavy atom. The number of alkyl halides is 1. The highest BCUT2D eigenvalue weighted by Crippen LogP contribution is 2.09. The third-order valence-corrected chi connectivity index (χ3v) is 3.72. The molecule has 0 aliphatic heterocycles. The minimum Gasteiger partial charge on any atom is -0.306 e. The van der Waals surface area contributed by atoms with Crippen LogP contribution in [0.15, 0.2) is 29.6 Å². The van der Waals surface area contributed by atoms with E-state index in [1.54, 1.807) is 11.3 Å². The van der Waals surface area contributed by atoms with Gasteiger partial charge in [-0.25, -0.2) is 4.98 Å². The van der Waals surface area contributed by atoms with Crippen LogP contribution in [0.4, 0.5) is 0 Å². The number of hydrogen-bond acceptors (Lipinski definition) is 3. The van der Waals surface area contributed by atoms with Crippen LogP contribution in [0.5, 0.6) is 0 Å². The van der Waals surface area contributed by atoms with Crippen LogP contribution in [0.25, 0.3) is 0 Å². The van der Waals surface area contributed by atoms with E-state index in [0.29, 0.717) is 5.88 Å². The average molecular weight is 267 g/mol. The molecule has 1 heterocycles. The number of aromatic nitrogens is 1. The molecule has 0 aliphatic carbocycles. The number of aryl methyl sites for hydroxylation is 1. The Bertz CT molecular complexity index is 465. The molecule has 0 amide bonds. The molecule has 17 heavy (non-hydrogen) atoms. The molecule has 0 fully saturated rings. The zero-order valence-corrected chi connectivity index (χ0v) is 11.3. The van der Waals surface area contributed by atoms with E-state index in [2.05, 4.69) is 39.9 Å². The highest BCUT2D eigenvalue weighted by Gasteiger charge is 1.98.